The Bertz CT molecular complexity index is 353. The Morgan fingerprint density at radius 1 is 1.18 bits per heavy atom. The summed E-state index contributed by atoms with van der Waals surface area (Å²) in [5.74, 6) is 7.27. The molecule has 0 fully saturated rings. The summed E-state index contributed by atoms with van der Waals surface area (Å²) >= 11 is 0. The van der Waals surface area contributed by atoms with E-state index >= 15 is 0 Å². The molecule has 1 heteroatoms. The van der Waals surface area contributed by atoms with Crippen LogP contribution < -0.4 is 4.74 Å². The van der Waals surface area contributed by atoms with E-state index in [-0.39, 0.29) is 0 Å². The molecule has 0 aliphatic rings. The van der Waals surface area contributed by atoms with Gasteiger partial charge in [0.1, 0.15) is 5.75 Å². The molecule has 1 radical (unpaired) electrons. The second-order valence-electron chi connectivity index (χ2n) is 3.94. The maximum Gasteiger partial charge on any atom is 0.119 e. The Morgan fingerprint density at radius 3 is 2.65 bits per heavy atom. The van der Waals surface area contributed by atoms with E-state index in [2.05, 4.69) is 30.9 Å². The number of rotatable bonds is 6. The lowest BCUT2D eigenvalue weighted by Crippen LogP contribution is -1.92. The number of aryl methyl sites for hydroxylation is 1. The molecule has 1 aromatic carbocycles. The van der Waals surface area contributed by atoms with E-state index in [4.69, 9.17) is 4.74 Å². The van der Waals surface area contributed by atoms with E-state index in [1.54, 1.807) is 0 Å². The highest BCUT2D eigenvalue weighted by molar-refractivity contribution is 5.26. The van der Waals surface area contributed by atoms with E-state index < -0.39 is 0 Å². The fourth-order valence-electron chi connectivity index (χ4n) is 1.52. The van der Waals surface area contributed by atoms with Crippen molar-refractivity contribution in [3.05, 3.63) is 29.8 Å². The predicted octanol–water partition coefficient (Wildman–Crippen LogP) is 4.01. The monoisotopic (exact) mass is 229 g/mol. The molecule has 1 rings (SSSR count). The van der Waals surface area contributed by atoms with Gasteiger partial charge in [-0.05, 0) is 49.9 Å². The molecule has 1 nitrogen and oxygen atoms in total. The second-order valence-corrected chi connectivity index (χ2v) is 3.94. The summed E-state index contributed by atoms with van der Waals surface area (Å²) in [6.45, 7) is 4.85. The van der Waals surface area contributed by atoms with Gasteiger partial charge < -0.3 is 4.74 Å². The van der Waals surface area contributed by atoms with Crippen molar-refractivity contribution in [1.29, 1.82) is 0 Å². The Hall–Kier alpha value is -1.42. The maximum atomic E-state index is 5.38. The molecule has 0 aliphatic carbocycles. The van der Waals surface area contributed by atoms with Crippen LogP contribution in [0.15, 0.2) is 18.2 Å². The summed E-state index contributed by atoms with van der Waals surface area (Å²) in [6.07, 6.45) is 5.32. The summed E-state index contributed by atoms with van der Waals surface area (Å²) < 4.78 is 5.38. The molecular weight excluding hydrogens is 208 g/mol. The zero-order valence-electron chi connectivity index (χ0n) is 10.9. The minimum atomic E-state index is 0.709. The summed E-state index contributed by atoms with van der Waals surface area (Å²) in [5.41, 5.74) is 1.24. The van der Waals surface area contributed by atoms with E-state index in [0.717, 1.165) is 37.9 Å². The lowest BCUT2D eigenvalue weighted by molar-refractivity contribution is 0.340. The van der Waals surface area contributed by atoms with Crippen molar-refractivity contribution in [2.45, 2.75) is 46.0 Å². The molecule has 91 valence electrons. The van der Waals surface area contributed by atoms with Crippen LogP contribution in [0.3, 0.4) is 0 Å². The summed E-state index contributed by atoms with van der Waals surface area (Å²) in [5, 5.41) is 0. The molecule has 0 atom stereocenters. The predicted molar refractivity (Wildman–Crippen MR) is 72.1 cm³/mol. The molecule has 0 heterocycles. The third-order valence-corrected chi connectivity index (χ3v) is 2.41. The van der Waals surface area contributed by atoms with Gasteiger partial charge in [0, 0.05) is 12.8 Å². The number of hydrogen-bond acceptors (Lipinski definition) is 1. The first kappa shape index (κ1) is 13.6. The van der Waals surface area contributed by atoms with Crippen molar-refractivity contribution in [3.63, 3.8) is 0 Å². The standard InChI is InChI=1S/C16H21O/c1-3-5-6-7-8-9-10-15-11-13-16(14-12-15)17-4-2/h11,13-14H,3-5,8-10H2,1-2H3. The van der Waals surface area contributed by atoms with Gasteiger partial charge in [-0.15, -0.1) is 11.8 Å². The molecular formula is C16H21O. The summed E-state index contributed by atoms with van der Waals surface area (Å²) in [6, 6.07) is 9.27. The third kappa shape index (κ3) is 6.02. The molecule has 0 spiro atoms. The average molecular weight is 229 g/mol. The Kier molecular flexibility index (Phi) is 6.98. The first-order valence-electron chi connectivity index (χ1n) is 6.46. The van der Waals surface area contributed by atoms with Crippen LogP contribution in [-0.4, -0.2) is 6.61 Å². The number of benzene rings is 1. The van der Waals surface area contributed by atoms with Crippen LogP contribution in [0.1, 0.15) is 45.1 Å². The van der Waals surface area contributed by atoms with Gasteiger partial charge in [-0.3, -0.25) is 0 Å². The maximum absolute atomic E-state index is 5.38. The lowest BCUT2D eigenvalue weighted by atomic mass is 10.1. The van der Waals surface area contributed by atoms with E-state index in [0.29, 0.717) is 6.61 Å². The molecule has 0 saturated carbocycles. The van der Waals surface area contributed by atoms with Crippen molar-refractivity contribution in [3.8, 4) is 17.6 Å². The fraction of sp³-hybridized carbons (Fsp3) is 0.500. The van der Waals surface area contributed by atoms with Gasteiger partial charge in [-0.2, -0.15) is 0 Å². The van der Waals surface area contributed by atoms with Crippen molar-refractivity contribution in [1.82, 2.24) is 0 Å². The van der Waals surface area contributed by atoms with Crippen LogP contribution >= 0.6 is 0 Å². The minimum absolute atomic E-state index is 0.709. The topological polar surface area (TPSA) is 9.23 Å². The zero-order chi connectivity index (χ0) is 12.3. The Balaban J connectivity index is 2.25. The second kappa shape index (κ2) is 8.70. The zero-order valence-corrected chi connectivity index (χ0v) is 10.9. The molecule has 0 aromatic heterocycles. The van der Waals surface area contributed by atoms with Gasteiger partial charge in [0.25, 0.3) is 0 Å². The van der Waals surface area contributed by atoms with E-state index in [1.807, 2.05) is 19.1 Å². The number of unbranched alkanes of at least 4 members (excludes halogenated alkanes) is 2. The molecule has 17 heavy (non-hydrogen) atoms. The third-order valence-electron chi connectivity index (χ3n) is 2.41. The molecule has 1 aromatic rings. The number of ether oxygens (including phenoxy) is 1. The van der Waals surface area contributed by atoms with Gasteiger partial charge in [0.15, 0.2) is 0 Å². The fourth-order valence-corrected chi connectivity index (χ4v) is 1.52. The normalized spacial score (nSPS) is 9.53. The van der Waals surface area contributed by atoms with Gasteiger partial charge in [-0.25, -0.2) is 0 Å². The van der Waals surface area contributed by atoms with Gasteiger partial charge in [-0.1, -0.05) is 13.0 Å². The smallest absolute Gasteiger partial charge is 0.119 e. The highest BCUT2D eigenvalue weighted by Gasteiger charge is 1.95. The summed E-state index contributed by atoms with van der Waals surface area (Å²) in [4.78, 5) is 0. The number of hydrogen-bond donors (Lipinski definition) is 0. The van der Waals surface area contributed by atoms with E-state index in [1.165, 1.54) is 5.56 Å². The average Bonchev–Trinajstić information content (AvgIpc) is 2.36. The van der Waals surface area contributed by atoms with Crippen molar-refractivity contribution < 1.29 is 4.74 Å². The van der Waals surface area contributed by atoms with Crippen LogP contribution in [0.4, 0.5) is 0 Å². The quantitative estimate of drug-likeness (QED) is 0.529. The molecule has 0 bridgehead atoms. The Labute approximate surface area is 105 Å². The lowest BCUT2D eigenvalue weighted by Gasteiger charge is -2.03. The molecule has 0 saturated heterocycles. The van der Waals surface area contributed by atoms with Crippen LogP contribution in [0.2, 0.25) is 0 Å². The molecule has 0 amide bonds. The minimum Gasteiger partial charge on any atom is -0.494 e. The summed E-state index contributed by atoms with van der Waals surface area (Å²) in [7, 11) is 0. The molecule has 0 aliphatic heterocycles. The van der Waals surface area contributed by atoms with E-state index in [9.17, 15) is 0 Å². The van der Waals surface area contributed by atoms with Gasteiger partial charge in [0.05, 0.1) is 6.61 Å². The molecule has 0 N–H and O–H groups in total. The molecule has 0 unspecified atom stereocenters. The van der Waals surface area contributed by atoms with Crippen LogP contribution in [0, 0.1) is 17.9 Å². The van der Waals surface area contributed by atoms with Gasteiger partial charge in [0.2, 0.25) is 0 Å². The Morgan fingerprint density at radius 2 is 2.00 bits per heavy atom. The van der Waals surface area contributed by atoms with Crippen molar-refractivity contribution in [2.75, 3.05) is 6.61 Å². The SMILES string of the molecule is CCCC#CCCCc1[c]cc(OCC)cc1. The largest absolute Gasteiger partial charge is 0.494 e. The van der Waals surface area contributed by atoms with Crippen LogP contribution in [0.25, 0.3) is 0 Å². The van der Waals surface area contributed by atoms with Gasteiger partial charge >= 0.3 is 0 Å². The van der Waals surface area contributed by atoms with Crippen LogP contribution in [0.5, 0.6) is 5.75 Å². The highest BCUT2D eigenvalue weighted by Crippen LogP contribution is 2.12. The van der Waals surface area contributed by atoms with Crippen molar-refractivity contribution >= 4 is 0 Å². The first-order valence-corrected chi connectivity index (χ1v) is 6.46. The first-order chi connectivity index (χ1) is 8.36. The highest BCUT2D eigenvalue weighted by atomic mass is 16.5. The van der Waals surface area contributed by atoms with Crippen molar-refractivity contribution in [2.24, 2.45) is 0 Å². The van der Waals surface area contributed by atoms with Crippen LogP contribution in [-0.2, 0) is 6.42 Å².